The van der Waals surface area contributed by atoms with Crippen molar-refractivity contribution in [3.05, 3.63) is 82.8 Å². The fraction of sp³-hybridized carbons (Fsp3) is 0.375. The number of piperazine rings is 1. The van der Waals surface area contributed by atoms with Crippen LogP contribution in [0.4, 0.5) is 0 Å². The summed E-state index contributed by atoms with van der Waals surface area (Å²) in [7, 11) is 0. The largest absolute Gasteiger partial charge is 0.396 e. The quantitative estimate of drug-likeness (QED) is 0.624. The van der Waals surface area contributed by atoms with Crippen molar-refractivity contribution < 1.29 is 5.11 Å². The number of halogens is 1. The first kappa shape index (κ1) is 21.1. The fourth-order valence-electron chi connectivity index (χ4n) is 4.17. The number of aromatic nitrogens is 2. The average molecular weight is 425 g/mol. The highest BCUT2D eigenvalue weighted by atomic mass is 35.5. The van der Waals surface area contributed by atoms with E-state index in [2.05, 4.69) is 62.7 Å². The zero-order valence-electron chi connectivity index (χ0n) is 17.4. The van der Waals surface area contributed by atoms with Gasteiger partial charge in [0.1, 0.15) is 5.82 Å². The Morgan fingerprint density at radius 1 is 1.07 bits per heavy atom. The Kier molecular flexibility index (Phi) is 6.85. The van der Waals surface area contributed by atoms with Crippen LogP contribution in [-0.4, -0.2) is 56.7 Å². The molecule has 2 aromatic heterocycles. The molecule has 158 valence electrons. The first-order valence-corrected chi connectivity index (χ1v) is 10.9. The molecule has 0 aliphatic carbocycles. The van der Waals surface area contributed by atoms with Gasteiger partial charge in [0.25, 0.3) is 0 Å². The van der Waals surface area contributed by atoms with E-state index in [0.717, 1.165) is 45.0 Å². The monoisotopic (exact) mass is 424 g/mol. The molecule has 3 aromatic rings. The summed E-state index contributed by atoms with van der Waals surface area (Å²) in [5, 5.41) is 10.3. The Bertz CT molecular complexity index is 939. The Morgan fingerprint density at radius 2 is 1.90 bits per heavy atom. The lowest BCUT2D eigenvalue weighted by Gasteiger charge is -2.41. The van der Waals surface area contributed by atoms with E-state index in [1.165, 1.54) is 16.8 Å². The van der Waals surface area contributed by atoms with E-state index in [9.17, 15) is 5.11 Å². The maximum Gasteiger partial charge on any atom is 0.136 e. The SMILES string of the molecule is Cc1ccc(CN2CCN(Cc3cccn3-c3ccc(Cl)cn3)C[C@H]2CCO)cc1. The van der Waals surface area contributed by atoms with Gasteiger partial charge in [-0.3, -0.25) is 9.80 Å². The van der Waals surface area contributed by atoms with Gasteiger partial charge in [0.15, 0.2) is 0 Å². The van der Waals surface area contributed by atoms with E-state index < -0.39 is 0 Å². The molecule has 1 aliphatic rings. The van der Waals surface area contributed by atoms with Gasteiger partial charge in [0.05, 0.1) is 5.02 Å². The van der Waals surface area contributed by atoms with Crippen LogP contribution >= 0.6 is 11.6 Å². The minimum atomic E-state index is 0.216. The number of pyridine rings is 1. The van der Waals surface area contributed by atoms with Gasteiger partial charge < -0.3 is 9.67 Å². The first-order valence-electron chi connectivity index (χ1n) is 10.5. The molecule has 1 fully saturated rings. The summed E-state index contributed by atoms with van der Waals surface area (Å²) >= 11 is 5.99. The number of hydrogen-bond acceptors (Lipinski definition) is 4. The zero-order valence-corrected chi connectivity index (χ0v) is 18.2. The molecule has 1 aromatic carbocycles. The summed E-state index contributed by atoms with van der Waals surface area (Å²) in [6.07, 6.45) is 4.52. The van der Waals surface area contributed by atoms with Gasteiger partial charge >= 0.3 is 0 Å². The number of hydrogen-bond donors (Lipinski definition) is 1. The van der Waals surface area contributed by atoms with Crippen molar-refractivity contribution in [3.8, 4) is 5.82 Å². The molecule has 6 heteroatoms. The second-order valence-corrected chi connectivity index (χ2v) is 8.50. The predicted molar refractivity (Wildman–Crippen MR) is 121 cm³/mol. The molecule has 1 aliphatic heterocycles. The first-order chi connectivity index (χ1) is 14.6. The number of aryl methyl sites for hydroxylation is 1. The highest BCUT2D eigenvalue weighted by Gasteiger charge is 2.27. The van der Waals surface area contributed by atoms with Crippen LogP contribution in [0.2, 0.25) is 5.02 Å². The van der Waals surface area contributed by atoms with Gasteiger partial charge in [0, 0.05) is 63.5 Å². The maximum absolute atomic E-state index is 9.63. The lowest BCUT2D eigenvalue weighted by atomic mass is 10.1. The molecule has 1 saturated heterocycles. The molecule has 0 radical (unpaired) electrons. The molecule has 1 atom stereocenters. The van der Waals surface area contributed by atoms with Crippen LogP contribution in [0, 0.1) is 6.92 Å². The molecule has 1 N–H and O–H groups in total. The van der Waals surface area contributed by atoms with Crippen molar-refractivity contribution >= 4 is 11.6 Å². The minimum absolute atomic E-state index is 0.216. The molecule has 0 spiro atoms. The van der Waals surface area contributed by atoms with E-state index in [0.29, 0.717) is 11.1 Å². The topological polar surface area (TPSA) is 44.5 Å². The van der Waals surface area contributed by atoms with Crippen molar-refractivity contribution in [1.29, 1.82) is 0 Å². The van der Waals surface area contributed by atoms with Crippen molar-refractivity contribution in [2.45, 2.75) is 32.5 Å². The molecule has 30 heavy (non-hydrogen) atoms. The Morgan fingerprint density at radius 3 is 2.63 bits per heavy atom. The van der Waals surface area contributed by atoms with E-state index in [1.54, 1.807) is 6.20 Å². The van der Waals surface area contributed by atoms with Crippen LogP contribution in [0.3, 0.4) is 0 Å². The average Bonchev–Trinajstić information content (AvgIpc) is 3.20. The normalized spacial score (nSPS) is 18.0. The van der Waals surface area contributed by atoms with Crippen molar-refractivity contribution in [3.63, 3.8) is 0 Å². The van der Waals surface area contributed by atoms with Crippen LogP contribution in [0.15, 0.2) is 60.9 Å². The number of benzene rings is 1. The summed E-state index contributed by atoms with van der Waals surface area (Å²) in [5.41, 5.74) is 3.83. The van der Waals surface area contributed by atoms with E-state index in [4.69, 9.17) is 11.6 Å². The van der Waals surface area contributed by atoms with Gasteiger partial charge in [-0.15, -0.1) is 0 Å². The van der Waals surface area contributed by atoms with Crippen LogP contribution in [0.25, 0.3) is 5.82 Å². The third kappa shape index (κ3) is 5.10. The molecule has 3 heterocycles. The summed E-state index contributed by atoms with van der Waals surface area (Å²) in [5.74, 6) is 0.879. The summed E-state index contributed by atoms with van der Waals surface area (Å²) in [6.45, 7) is 7.08. The third-order valence-electron chi connectivity index (χ3n) is 5.83. The second kappa shape index (κ2) is 9.75. The van der Waals surface area contributed by atoms with Crippen molar-refractivity contribution in [1.82, 2.24) is 19.4 Å². The van der Waals surface area contributed by atoms with Gasteiger partial charge in [-0.1, -0.05) is 41.4 Å². The highest BCUT2D eigenvalue weighted by Crippen LogP contribution is 2.20. The van der Waals surface area contributed by atoms with Crippen LogP contribution in [0.1, 0.15) is 23.2 Å². The number of aliphatic hydroxyl groups is 1. The molecule has 0 bridgehead atoms. The smallest absolute Gasteiger partial charge is 0.136 e. The Balaban J connectivity index is 1.43. The molecule has 4 rings (SSSR count). The summed E-state index contributed by atoms with van der Waals surface area (Å²) in [4.78, 5) is 9.45. The zero-order chi connectivity index (χ0) is 20.9. The third-order valence-corrected chi connectivity index (χ3v) is 6.06. The van der Waals surface area contributed by atoms with E-state index >= 15 is 0 Å². The highest BCUT2D eigenvalue weighted by molar-refractivity contribution is 6.30. The van der Waals surface area contributed by atoms with Gasteiger partial charge in [0.2, 0.25) is 0 Å². The second-order valence-electron chi connectivity index (χ2n) is 8.06. The number of nitrogens with zero attached hydrogens (tertiary/aromatic N) is 4. The van der Waals surface area contributed by atoms with Crippen LogP contribution in [-0.2, 0) is 13.1 Å². The van der Waals surface area contributed by atoms with Gasteiger partial charge in [-0.25, -0.2) is 4.98 Å². The lowest BCUT2D eigenvalue weighted by molar-refractivity contribution is 0.0492. The molecular formula is C24H29ClN4O. The molecule has 0 saturated carbocycles. The Hall–Kier alpha value is -2.18. The van der Waals surface area contributed by atoms with Gasteiger partial charge in [-0.05, 0) is 43.2 Å². The Labute approximate surface area is 183 Å². The standard InChI is InChI=1S/C24H29ClN4O/c1-19-4-6-20(7-5-19)16-28-13-12-27(17-22(28)10-14-30)18-23-3-2-11-29(23)24-9-8-21(25)15-26-24/h2-9,11,15,22,30H,10,12-14,16-18H2,1H3/t22-/m1/s1. The number of rotatable bonds is 7. The van der Waals surface area contributed by atoms with E-state index in [-0.39, 0.29) is 6.61 Å². The van der Waals surface area contributed by atoms with Crippen LogP contribution < -0.4 is 0 Å². The number of aliphatic hydroxyl groups excluding tert-OH is 1. The molecule has 5 nitrogen and oxygen atoms in total. The molecule has 0 unspecified atom stereocenters. The van der Waals surface area contributed by atoms with Gasteiger partial charge in [-0.2, -0.15) is 0 Å². The minimum Gasteiger partial charge on any atom is -0.396 e. The lowest BCUT2D eigenvalue weighted by Crippen LogP contribution is -2.52. The summed E-state index contributed by atoms with van der Waals surface area (Å²) < 4.78 is 2.12. The fourth-order valence-corrected chi connectivity index (χ4v) is 4.28. The van der Waals surface area contributed by atoms with Crippen LogP contribution in [0.5, 0.6) is 0 Å². The molecule has 0 amide bonds. The predicted octanol–water partition coefficient (Wildman–Crippen LogP) is 3.90. The summed E-state index contributed by atoms with van der Waals surface area (Å²) in [6, 6.07) is 17.1. The maximum atomic E-state index is 9.63. The van der Waals surface area contributed by atoms with E-state index in [1.807, 2.05) is 18.3 Å². The molecular weight excluding hydrogens is 396 g/mol. The van der Waals surface area contributed by atoms with Crippen molar-refractivity contribution in [2.24, 2.45) is 0 Å². The van der Waals surface area contributed by atoms with Crippen molar-refractivity contribution in [2.75, 3.05) is 26.2 Å².